The molecular weight excluding hydrogens is 310 g/mol. The summed E-state index contributed by atoms with van der Waals surface area (Å²) in [5.74, 6) is 1.64. The van der Waals surface area contributed by atoms with Crippen molar-refractivity contribution in [2.45, 2.75) is 13.8 Å². The van der Waals surface area contributed by atoms with Crippen LogP contribution in [0.5, 0.6) is 0 Å². The summed E-state index contributed by atoms with van der Waals surface area (Å²) in [5, 5.41) is 1.17. The van der Waals surface area contributed by atoms with Crippen molar-refractivity contribution < 1.29 is 9.15 Å². The van der Waals surface area contributed by atoms with Crippen LogP contribution in [-0.2, 0) is 4.74 Å². The van der Waals surface area contributed by atoms with Crippen LogP contribution in [0, 0.1) is 0 Å². The van der Waals surface area contributed by atoms with Gasteiger partial charge in [-0.25, -0.2) is 4.58 Å². The van der Waals surface area contributed by atoms with Crippen LogP contribution >= 0.6 is 0 Å². The predicted octanol–water partition coefficient (Wildman–Crippen LogP) is 4.48. The number of fused-ring (bicyclic) bond motifs is 1. The number of rotatable bonds is 5. The lowest BCUT2D eigenvalue weighted by atomic mass is 9.97. The lowest BCUT2D eigenvalue weighted by Crippen LogP contribution is -2.29. The Morgan fingerprint density at radius 3 is 2.40 bits per heavy atom. The van der Waals surface area contributed by atoms with Gasteiger partial charge in [-0.3, -0.25) is 0 Å². The molecule has 0 saturated carbocycles. The molecule has 128 valence electrons. The summed E-state index contributed by atoms with van der Waals surface area (Å²) in [5.41, 5.74) is 3.44. The van der Waals surface area contributed by atoms with E-state index in [0.717, 1.165) is 35.7 Å². The first-order chi connectivity index (χ1) is 12.3. The average molecular weight is 334 g/mol. The van der Waals surface area contributed by atoms with E-state index < -0.39 is 0 Å². The van der Waals surface area contributed by atoms with Gasteiger partial charge < -0.3 is 9.15 Å². The third-order valence-electron chi connectivity index (χ3n) is 4.35. The van der Waals surface area contributed by atoms with Gasteiger partial charge in [0.15, 0.2) is 0 Å². The van der Waals surface area contributed by atoms with Gasteiger partial charge in [-0.15, -0.1) is 0 Å². The molecule has 1 aromatic carbocycles. The molecule has 0 fully saturated rings. The Labute approximate surface area is 148 Å². The summed E-state index contributed by atoms with van der Waals surface area (Å²) < 4.78 is 13.5. The molecule has 1 aromatic rings. The summed E-state index contributed by atoms with van der Waals surface area (Å²) in [7, 11) is 1.63. The molecule has 2 aliphatic rings. The largest absolute Gasteiger partial charge is 0.504 e. The maximum Gasteiger partial charge on any atom is 0.203 e. The molecule has 0 N–H and O–H groups in total. The van der Waals surface area contributed by atoms with Crippen LogP contribution in [0.25, 0.3) is 28.5 Å². The van der Waals surface area contributed by atoms with Crippen molar-refractivity contribution in [1.29, 1.82) is 0 Å². The Balaban J connectivity index is 2.28. The summed E-state index contributed by atoms with van der Waals surface area (Å²) in [6.45, 7) is 6.27. The number of hydrogen-bond acceptors (Lipinski definition) is 2. The second-order valence-electron chi connectivity index (χ2n) is 5.82. The highest BCUT2D eigenvalue weighted by molar-refractivity contribution is 5.82. The summed E-state index contributed by atoms with van der Waals surface area (Å²) >= 11 is 0. The SMILES string of the molecule is CC[N+](CC)=c1ccc2c(-c3ccccc3)cc(C=COC)oc-2c1. The van der Waals surface area contributed by atoms with Crippen LogP contribution in [-0.4, -0.2) is 20.2 Å². The number of benzene rings is 2. The van der Waals surface area contributed by atoms with Crippen molar-refractivity contribution in [2.24, 2.45) is 0 Å². The van der Waals surface area contributed by atoms with Crippen LogP contribution in [0.2, 0.25) is 0 Å². The fourth-order valence-corrected chi connectivity index (χ4v) is 3.05. The summed E-state index contributed by atoms with van der Waals surface area (Å²) in [6.07, 6.45) is 3.48. The number of nitrogens with zero attached hydrogens (tertiary/aromatic N) is 1. The summed E-state index contributed by atoms with van der Waals surface area (Å²) in [6, 6.07) is 18.9. The molecule has 1 aliphatic carbocycles. The first-order valence-electron chi connectivity index (χ1n) is 8.67. The van der Waals surface area contributed by atoms with E-state index in [-0.39, 0.29) is 0 Å². The van der Waals surface area contributed by atoms with Crippen molar-refractivity contribution in [3.05, 3.63) is 72.0 Å². The minimum absolute atomic E-state index is 0.768. The minimum atomic E-state index is 0.768. The Morgan fingerprint density at radius 2 is 1.72 bits per heavy atom. The van der Waals surface area contributed by atoms with Crippen LogP contribution in [0.15, 0.2) is 65.3 Å². The maximum atomic E-state index is 6.11. The zero-order valence-electron chi connectivity index (χ0n) is 15.0. The molecule has 25 heavy (non-hydrogen) atoms. The molecule has 1 heterocycles. The number of methoxy groups -OCH3 is 1. The van der Waals surface area contributed by atoms with Crippen molar-refractivity contribution >= 4 is 6.08 Å². The van der Waals surface area contributed by atoms with Crippen molar-refractivity contribution in [1.82, 2.24) is 4.58 Å². The number of ether oxygens (including phenoxy) is 1. The molecule has 3 heteroatoms. The molecule has 3 rings (SSSR count). The van der Waals surface area contributed by atoms with Crippen LogP contribution in [0.3, 0.4) is 0 Å². The highest BCUT2D eigenvalue weighted by Gasteiger charge is 2.15. The van der Waals surface area contributed by atoms with E-state index in [0.29, 0.717) is 0 Å². The van der Waals surface area contributed by atoms with E-state index in [1.54, 1.807) is 13.4 Å². The van der Waals surface area contributed by atoms with Gasteiger partial charge in [-0.1, -0.05) is 30.3 Å². The molecule has 0 bridgehead atoms. The topological polar surface area (TPSA) is 25.4 Å². The van der Waals surface area contributed by atoms with Gasteiger partial charge in [0.1, 0.15) is 24.6 Å². The zero-order valence-corrected chi connectivity index (χ0v) is 15.0. The smallest absolute Gasteiger partial charge is 0.203 e. The molecule has 0 aromatic heterocycles. The Hall–Kier alpha value is -2.81. The molecule has 3 nitrogen and oxygen atoms in total. The second-order valence-corrected chi connectivity index (χ2v) is 5.82. The fourth-order valence-electron chi connectivity index (χ4n) is 3.05. The molecule has 0 atom stereocenters. The van der Waals surface area contributed by atoms with Crippen molar-refractivity contribution in [2.75, 3.05) is 20.2 Å². The van der Waals surface area contributed by atoms with Gasteiger partial charge in [0.05, 0.1) is 19.4 Å². The first kappa shape index (κ1) is 17.0. The van der Waals surface area contributed by atoms with E-state index in [4.69, 9.17) is 9.15 Å². The monoisotopic (exact) mass is 334 g/mol. The molecule has 0 radical (unpaired) electrons. The number of hydrogen-bond donors (Lipinski definition) is 0. The average Bonchev–Trinajstić information content (AvgIpc) is 2.67. The molecule has 0 amide bonds. The quantitative estimate of drug-likeness (QED) is 0.508. The Bertz CT molecular complexity index is 901. The normalized spacial score (nSPS) is 11.2. The van der Waals surface area contributed by atoms with E-state index >= 15 is 0 Å². The van der Waals surface area contributed by atoms with E-state index in [9.17, 15) is 0 Å². The van der Waals surface area contributed by atoms with Crippen LogP contribution in [0.1, 0.15) is 19.6 Å². The predicted molar refractivity (Wildman–Crippen MR) is 103 cm³/mol. The lowest BCUT2D eigenvalue weighted by molar-refractivity contribution is 0.340. The van der Waals surface area contributed by atoms with Crippen molar-refractivity contribution in [3.8, 4) is 22.5 Å². The van der Waals surface area contributed by atoms with E-state index in [2.05, 4.69) is 67.0 Å². The van der Waals surface area contributed by atoms with E-state index in [1.165, 1.54) is 10.9 Å². The maximum absolute atomic E-state index is 6.11. The third-order valence-corrected chi connectivity index (χ3v) is 4.35. The molecule has 0 saturated heterocycles. The van der Waals surface area contributed by atoms with Gasteiger partial charge in [-0.2, -0.15) is 0 Å². The molecule has 1 aliphatic heterocycles. The minimum Gasteiger partial charge on any atom is -0.504 e. The van der Waals surface area contributed by atoms with E-state index in [1.807, 2.05) is 12.1 Å². The van der Waals surface area contributed by atoms with Gasteiger partial charge in [0.2, 0.25) is 5.36 Å². The van der Waals surface area contributed by atoms with Crippen LogP contribution in [0.4, 0.5) is 0 Å². The van der Waals surface area contributed by atoms with Crippen molar-refractivity contribution in [3.63, 3.8) is 0 Å². The van der Waals surface area contributed by atoms with Gasteiger partial charge in [0, 0.05) is 17.7 Å². The Kier molecular flexibility index (Phi) is 5.34. The Morgan fingerprint density at radius 1 is 0.960 bits per heavy atom. The molecule has 0 spiro atoms. The molecular formula is C22H24NO2+. The zero-order chi connectivity index (χ0) is 17.6. The highest BCUT2D eigenvalue weighted by atomic mass is 16.5. The second kappa shape index (κ2) is 7.84. The first-order valence-corrected chi connectivity index (χ1v) is 8.67. The summed E-state index contributed by atoms with van der Waals surface area (Å²) in [4.78, 5) is 0. The standard InChI is InChI=1S/C22H24NO2/c1-4-23(5-2)18-11-12-20-21(17-9-7-6-8-10-17)16-19(13-14-24-3)25-22(20)15-18/h6-16H,4-5H2,1-3H3/q+1. The van der Waals surface area contributed by atoms with Gasteiger partial charge >= 0.3 is 0 Å². The molecule has 0 unspecified atom stereocenters. The van der Waals surface area contributed by atoms with Crippen LogP contribution < -0.4 is 9.93 Å². The fraction of sp³-hybridized carbons (Fsp3) is 0.227. The highest BCUT2D eigenvalue weighted by Crippen LogP contribution is 2.34. The third kappa shape index (κ3) is 3.66. The van der Waals surface area contributed by atoms with Gasteiger partial charge in [-0.05, 0) is 37.1 Å². The van der Waals surface area contributed by atoms with Gasteiger partial charge in [0.25, 0.3) is 0 Å². The lowest BCUT2D eigenvalue weighted by Gasteiger charge is -2.13.